The van der Waals surface area contributed by atoms with Crippen LogP contribution >= 0.6 is 0 Å². The summed E-state index contributed by atoms with van der Waals surface area (Å²) in [6.07, 6.45) is 0. The average Bonchev–Trinajstić information content (AvgIpc) is 2.60. The Morgan fingerprint density at radius 2 is 1.48 bits per heavy atom. The molecule has 152 valence electrons. The first kappa shape index (κ1) is 20.5. The van der Waals surface area contributed by atoms with E-state index in [0.29, 0.717) is 6.07 Å². The summed E-state index contributed by atoms with van der Waals surface area (Å²) < 4.78 is 64.8. The lowest BCUT2D eigenvalue weighted by molar-refractivity contribution is -0.385. The summed E-state index contributed by atoms with van der Waals surface area (Å²) in [5, 5.41) is 23.6. The van der Waals surface area contributed by atoms with Gasteiger partial charge in [-0.15, -0.1) is 0 Å². The SMILES string of the molecule is O=[N+]([O-])c1ccc(Nc2ccc3c(S(=O)(=O)O)ccc(O)c3c2)c(S(=O)(=O)O)c1. The number of benzene rings is 3. The van der Waals surface area contributed by atoms with E-state index in [1.807, 2.05) is 0 Å². The molecule has 3 aromatic carbocycles. The largest absolute Gasteiger partial charge is 0.507 e. The molecular weight excluding hydrogens is 428 g/mol. The average molecular weight is 440 g/mol. The molecule has 0 aliphatic carbocycles. The second-order valence-electron chi connectivity index (χ2n) is 5.86. The molecule has 3 rings (SSSR count). The van der Waals surface area contributed by atoms with Crippen molar-refractivity contribution in [3.05, 3.63) is 58.6 Å². The van der Waals surface area contributed by atoms with Crippen LogP contribution in [0.1, 0.15) is 0 Å². The second kappa shape index (κ2) is 6.97. The van der Waals surface area contributed by atoms with Crippen LogP contribution in [0, 0.1) is 10.1 Å². The van der Waals surface area contributed by atoms with Crippen LogP contribution in [0.3, 0.4) is 0 Å². The van der Waals surface area contributed by atoms with Crippen LogP contribution in [-0.2, 0) is 20.2 Å². The molecule has 3 aromatic rings. The molecule has 0 aromatic heterocycles. The van der Waals surface area contributed by atoms with E-state index in [9.17, 15) is 41.2 Å². The highest BCUT2D eigenvalue weighted by Crippen LogP contribution is 2.34. The van der Waals surface area contributed by atoms with E-state index in [4.69, 9.17) is 0 Å². The van der Waals surface area contributed by atoms with Gasteiger partial charge in [-0.3, -0.25) is 19.2 Å². The van der Waals surface area contributed by atoms with Crippen LogP contribution in [0.5, 0.6) is 5.75 Å². The third-order valence-corrected chi connectivity index (χ3v) is 5.77. The second-order valence-corrected chi connectivity index (χ2v) is 8.64. The Kier molecular flexibility index (Phi) is 4.92. The Labute approximate surface area is 163 Å². The quantitative estimate of drug-likeness (QED) is 0.261. The van der Waals surface area contributed by atoms with Gasteiger partial charge < -0.3 is 10.4 Å². The number of phenols is 1. The summed E-state index contributed by atoms with van der Waals surface area (Å²) in [4.78, 5) is 8.84. The summed E-state index contributed by atoms with van der Waals surface area (Å²) in [5.41, 5.74) is -0.584. The van der Waals surface area contributed by atoms with E-state index >= 15 is 0 Å². The minimum atomic E-state index is -4.82. The van der Waals surface area contributed by atoms with Crippen molar-refractivity contribution < 1.29 is 36.0 Å². The van der Waals surface area contributed by atoms with Gasteiger partial charge in [-0.25, -0.2) is 0 Å². The van der Waals surface area contributed by atoms with Crippen molar-refractivity contribution in [2.24, 2.45) is 0 Å². The molecule has 0 heterocycles. The molecule has 0 spiro atoms. The number of rotatable bonds is 5. The van der Waals surface area contributed by atoms with Crippen molar-refractivity contribution in [2.45, 2.75) is 9.79 Å². The molecule has 0 saturated heterocycles. The Morgan fingerprint density at radius 1 is 0.828 bits per heavy atom. The molecule has 0 atom stereocenters. The minimum Gasteiger partial charge on any atom is -0.507 e. The zero-order chi connectivity index (χ0) is 21.6. The highest BCUT2D eigenvalue weighted by atomic mass is 32.2. The van der Waals surface area contributed by atoms with E-state index in [1.54, 1.807) is 0 Å². The Bertz CT molecular complexity index is 1370. The first-order chi connectivity index (χ1) is 13.4. The summed E-state index contributed by atoms with van der Waals surface area (Å²) in [5.74, 6) is -0.310. The first-order valence-electron chi connectivity index (χ1n) is 7.64. The number of nitrogens with zero attached hydrogens (tertiary/aromatic N) is 1. The number of nitro benzene ring substituents is 1. The van der Waals surface area contributed by atoms with Gasteiger partial charge in [0.15, 0.2) is 0 Å². The standard InChI is InChI=1S/C16H12N2O9S2/c19-14-5-6-15(28(22,23)24)11-3-1-9(7-12(11)14)17-13-4-2-10(18(20)21)8-16(13)29(25,26)27/h1-8,17,19H,(H,22,23,24)(H,25,26,27). The van der Waals surface area contributed by atoms with Crippen molar-refractivity contribution in [1.29, 1.82) is 0 Å². The number of hydrogen-bond acceptors (Lipinski definition) is 8. The lowest BCUT2D eigenvalue weighted by Crippen LogP contribution is -2.05. The number of nitro groups is 1. The fourth-order valence-corrected chi connectivity index (χ4v) is 4.07. The molecule has 11 nitrogen and oxygen atoms in total. The molecular formula is C16H12N2O9S2. The first-order valence-corrected chi connectivity index (χ1v) is 10.5. The predicted molar refractivity (Wildman–Crippen MR) is 102 cm³/mol. The van der Waals surface area contributed by atoms with Gasteiger partial charge in [0.05, 0.1) is 10.6 Å². The van der Waals surface area contributed by atoms with E-state index in [1.165, 1.54) is 18.2 Å². The van der Waals surface area contributed by atoms with E-state index in [2.05, 4.69) is 5.32 Å². The Hall–Kier alpha value is -3.26. The summed E-state index contributed by atoms with van der Waals surface area (Å²) in [6.45, 7) is 0. The molecule has 4 N–H and O–H groups in total. The fraction of sp³-hybridized carbons (Fsp3) is 0. The molecule has 0 fully saturated rings. The third-order valence-electron chi connectivity index (χ3n) is 3.96. The predicted octanol–water partition coefficient (Wildman–Crippen LogP) is 2.69. The van der Waals surface area contributed by atoms with Crippen molar-refractivity contribution in [3.63, 3.8) is 0 Å². The van der Waals surface area contributed by atoms with Crippen LogP contribution in [0.25, 0.3) is 10.8 Å². The smallest absolute Gasteiger partial charge is 0.296 e. The van der Waals surface area contributed by atoms with Gasteiger partial charge in [0.1, 0.15) is 15.5 Å². The highest BCUT2D eigenvalue weighted by molar-refractivity contribution is 7.86. The number of nitrogens with one attached hydrogen (secondary N) is 1. The Balaban J connectivity index is 2.15. The molecule has 0 amide bonds. The number of fused-ring (bicyclic) bond motifs is 1. The maximum atomic E-state index is 11.6. The third kappa shape index (κ3) is 4.12. The van der Waals surface area contributed by atoms with Crippen LogP contribution in [0.4, 0.5) is 17.1 Å². The normalized spacial score (nSPS) is 12.1. The number of aromatic hydroxyl groups is 1. The Morgan fingerprint density at radius 3 is 2.07 bits per heavy atom. The molecule has 0 radical (unpaired) electrons. The lowest BCUT2D eigenvalue weighted by Gasteiger charge is -2.12. The summed E-state index contributed by atoms with van der Waals surface area (Å²) in [7, 11) is -9.38. The zero-order valence-corrected chi connectivity index (χ0v) is 15.8. The molecule has 0 saturated carbocycles. The van der Waals surface area contributed by atoms with Crippen LogP contribution in [-0.4, -0.2) is 36.0 Å². The van der Waals surface area contributed by atoms with Gasteiger partial charge in [0, 0.05) is 28.6 Å². The number of hydrogen-bond donors (Lipinski definition) is 4. The zero-order valence-electron chi connectivity index (χ0n) is 14.2. The number of anilines is 2. The highest BCUT2D eigenvalue weighted by Gasteiger charge is 2.21. The summed E-state index contributed by atoms with van der Waals surface area (Å²) >= 11 is 0. The fourth-order valence-electron chi connectivity index (χ4n) is 2.70. The lowest BCUT2D eigenvalue weighted by atomic mass is 10.1. The van der Waals surface area contributed by atoms with Gasteiger partial charge in [-0.05, 0) is 30.3 Å². The number of phenolic OH excluding ortho intramolecular Hbond substituents is 1. The minimum absolute atomic E-state index is 0.0109. The molecule has 13 heteroatoms. The van der Waals surface area contributed by atoms with Crippen LogP contribution in [0.15, 0.2) is 58.3 Å². The maximum Gasteiger partial charge on any atom is 0.296 e. The summed E-state index contributed by atoms with van der Waals surface area (Å²) in [6, 6.07) is 8.70. The van der Waals surface area contributed by atoms with Gasteiger partial charge in [-0.1, -0.05) is 6.07 Å². The van der Waals surface area contributed by atoms with E-state index < -0.39 is 40.6 Å². The van der Waals surface area contributed by atoms with E-state index in [-0.39, 0.29) is 27.9 Å². The van der Waals surface area contributed by atoms with Crippen molar-refractivity contribution in [3.8, 4) is 5.75 Å². The molecule has 0 aliphatic heterocycles. The van der Waals surface area contributed by atoms with Crippen molar-refractivity contribution >= 4 is 48.1 Å². The van der Waals surface area contributed by atoms with Crippen LogP contribution < -0.4 is 5.32 Å². The van der Waals surface area contributed by atoms with Gasteiger partial charge in [-0.2, -0.15) is 16.8 Å². The molecule has 0 bridgehead atoms. The maximum absolute atomic E-state index is 11.6. The van der Waals surface area contributed by atoms with Gasteiger partial charge in [0.25, 0.3) is 25.9 Å². The topological polar surface area (TPSA) is 184 Å². The van der Waals surface area contributed by atoms with Gasteiger partial charge >= 0.3 is 0 Å². The van der Waals surface area contributed by atoms with Crippen LogP contribution in [0.2, 0.25) is 0 Å². The molecule has 29 heavy (non-hydrogen) atoms. The number of non-ortho nitro benzene ring substituents is 1. The van der Waals surface area contributed by atoms with Crippen molar-refractivity contribution in [1.82, 2.24) is 0 Å². The molecule has 0 aliphatic rings. The molecule has 0 unspecified atom stereocenters. The monoisotopic (exact) mass is 440 g/mol. The van der Waals surface area contributed by atoms with E-state index in [0.717, 1.165) is 24.3 Å². The van der Waals surface area contributed by atoms with Gasteiger partial charge in [0.2, 0.25) is 0 Å². The van der Waals surface area contributed by atoms with Crippen molar-refractivity contribution in [2.75, 3.05) is 5.32 Å².